The number of allylic oxidation sites excluding steroid dienone is 4. The maximum Gasteiger partial charge on any atom is 0.129 e. The van der Waals surface area contributed by atoms with Gasteiger partial charge in [0.25, 0.3) is 0 Å². The second-order valence-electron chi connectivity index (χ2n) is 1.37. The van der Waals surface area contributed by atoms with E-state index in [-0.39, 0.29) is 6.42 Å². The van der Waals surface area contributed by atoms with E-state index in [1.807, 2.05) is 0 Å². The first-order valence-corrected chi connectivity index (χ1v) is 2.16. The highest BCUT2D eigenvalue weighted by atomic mass is 19.1. The predicted molar refractivity (Wildman–Crippen MR) is 24.9 cm³/mol. The van der Waals surface area contributed by atoms with Gasteiger partial charge in [-0.2, -0.15) is 0 Å². The van der Waals surface area contributed by atoms with E-state index in [2.05, 4.69) is 12.5 Å². The summed E-state index contributed by atoms with van der Waals surface area (Å²) in [6.45, 7) is 0. The minimum Gasteiger partial charge on any atom is -0.211 e. The Bertz CT molecular complexity index is 145. The van der Waals surface area contributed by atoms with E-state index in [0.29, 0.717) is 0 Å². The van der Waals surface area contributed by atoms with Gasteiger partial charge in [0.1, 0.15) is 11.7 Å². The minimum atomic E-state index is -0.638. The fourth-order valence-electron chi connectivity index (χ4n) is 0.426. The van der Waals surface area contributed by atoms with Gasteiger partial charge >= 0.3 is 0 Å². The third-order valence-electron chi connectivity index (χ3n) is 0.768. The molecule has 0 saturated heterocycles. The molecule has 0 fully saturated rings. The molecule has 2 heteroatoms. The third kappa shape index (κ3) is 1.15. The van der Waals surface area contributed by atoms with Gasteiger partial charge < -0.3 is 0 Å². The first kappa shape index (κ1) is 5.48. The Morgan fingerprint density at radius 3 is 2.62 bits per heavy atom. The van der Waals surface area contributed by atoms with Gasteiger partial charge in [0.05, 0.1) is 6.42 Å². The quantitative estimate of drug-likeness (QED) is 0.450. The smallest absolute Gasteiger partial charge is 0.129 e. The molecule has 0 nitrogen and oxygen atoms in total. The molecule has 0 aromatic carbocycles. The van der Waals surface area contributed by atoms with Gasteiger partial charge in [-0.25, -0.2) is 8.78 Å². The van der Waals surface area contributed by atoms with Crippen LogP contribution in [0.4, 0.5) is 8.78 Å². The summed E-state index contributed by atoms with van der Waals surface area (Å²) in [6, 6.07) is 0. The second-order valence-corrected chi connectivity index (χ2v) is 1.37. The van der Waals surface area contributed by atoms with Crippen LogP contribution in [-0.2, 0) is 0 Å². The molecule has 0 amide bonds. The molecule has 3 radical (unpaired) electrons. The van der Waals surface area contributed by atoms with E-state index in [0.717, 1.165) is 6.08 Å². The average Bonchev–Trinajstić information content (AvgIpc) is 1.64. The molecule has 0 bridgehead atoms. The van der Waals surface area contributed by atoms with Crippen LogP contribution in [0.25, 0.3) is 0 Å². The molecule has 0 aromatic heterocycles. The van der Waals surface area contributed by atoms with Crippen molar-refractivity contribution in [2.24, 2.45) is 0 Å². The molecule has 0 saturated carbocycles. The Hall–Kier alpha value is -0.660. The molecule has 8 heavy (non-hydrogen) atoms. The van der Waals surface area contributed by atoms with Gasteiger partial charge in [-0.05, 0) is 12.5 Å². The van der Waals surface area contributed by atoms with Crippen molar-refractivity contribution in [1.29, 1.82) is 0 Å². The summed E-state index contributed by atoms with van der Waals surface area (Å²) in [5.41, 5.74) is 0. The average molecular weight is 113 g/mol. The van der Waals surface area contributed by atoms with Gasteiger partial charge in [-0.15, -0.1) is 0 Å². The number of halogens is 2. The van der Waals surface area contributed by atoms with Crippen LogP contribution < -0.4 is 0 Å². The zero-order chi connectivity index (χ0) is 5.98. The molecule has 41 valence electrons. The lowest BCUT2D eigenvalue weighted by Gasteiger charge is -1.96. The minimum absolute atomic E-state index is 0.119. The van der Waals surface area contributed by atoms with Crippen LogP contribution in [-0.4, -0.2) is 0 Å². The Balaban J connectivity index is 2.69. The van der Waals surface area contributed by atoms with Gasteiger partial charge in [-0.1, -0.05) is 0 Å². The summed E-state index contributed by atoms with van der Waals surface area (Å²) in [5, 5.41) is 0. The topological polar surface area (TPSA) is 0 Å². The molecule has 1 aliphatic carbocycles. The van der Waals surface area contributed by atoms with Gasteiger partial charge in [0.15, 0.2) is 0 Å². The van der Waals surface area contributed by atoms with Crippen molar-refractivity contribution in [3.05, 3.63) is 30.2 Å². The van der Waals surface area contributed by atoms with Crippen LogP contribution in [0, 0.1) is 12.5 Å². The Kier molecular flexibility index (Phi) is 1.42. The zero-order valence-corrected chi connectivity index (χ0v) is 4.04. The molecule has 0 aromatic rings. The van der Waals surface area contributed by atoms with E-state index < -0.39 is 11.7 Å². The summed E-state index contributed by atoms with van der Waals surface area (Å²) in [6.07, 6.45) is 5.34. The monoisotopic (exact) mass is 113 g/mol. The van der Waals surface area contributed by atoms with Crippen molar-refractivity contribution in [2.45, 2.75) is 6.42 Å². The van der Waals surface area contributed by atoms with Crippen LogP contribution in [0.15, 0.2) is 17.7 Å². The highest BCUT2D eigenvalue weighted by Crippen LogP contribution is 2.16. The second kappa shape index (κ2) is 2.07. The van der Waals surface area contributed by atoms with Crippen LogP contribution >= 0.6 is 0 Å². The van der Waals surface area contributed by atoms with Crippen molar-refractivity contribution in [3.63, 3.8) is 0 Å². The molecule has 0 atom stereocenters. The fraction of sp³-hybridized carbons (Fsp3) is 0.167. The summed E-state index contributed by atoms with van der Waals surface area (Å²) in [7, 11) is 0. The zero-order valence-electron chi connectivity index (χ0n) is 4.04. The molecule has 0 aliphatic heterocycles. The summed E-state index contributed by atoms with van der Waals surface area (Å²) in [4.78, 5) is 0. The molecule has 0 heterocycles. The summed E-state index contributed by atoms with van der Waals surface area (Å²) in [5.74, 6) is -1.28. The van der Waals surface area contributed by atoms with Crippen molar-refractivity contribution in [3.8, 4) is 0 Å². The van der Waals surface area contributed by atoms with E-state index >= 15 is 0 Å². The van der Waals surface area contributed by atoms with Crippen LogP contribution in [0.5, 0.6) is 0 Å². The standard InChI is InChI=1S/C6H3F2/c7-5-2-1-3-6(8)4-5/h4H,1H2. The Morgan fingerprint density at radius 2 is 2.25 bits per heavy atom. The number of hydrogen-bond donors (Lipinski definition) is 0. The number of rotatable bonds is 0. The van der Waals surface area contributed by atoms with Crippen molar-refractivity contribution in [2.75, 3.05) is 0 Å². The van der Waals surface area contributed by atoms with Gasteiger partial charge in [0, 0.05) is 6.08 Å². The van der Waals surface area contributed by atoms with E-state index in [4.69, 9.17) is 0 Å². The van der Waals surface area contributed by atoms with Gasteiger partial charge in [0.2, 0.25) is 0 Å². The maximum absolute atomic E-state index is 11.9. The highest BCUT2D eigenvalue weighted by molar-refractivity contribution is 5.22. The van der Waals surface area contributed by atoms with Crippen LogP contribution in [0.1, 0.15) is 6.42 Å². The first-order valence-electron chi connectivity index (χ1n) is 2.16. The number of hydrogen-bond acceptors (Lipinski definition) is 0. The van der Waals surface area contributed by atoms with E-state index in [1.165, 1.54) is 0 Å². The largest absolute Gasteiger partial charge is 0.211 e. The molecule has 1 rings (SSSR count). The normalized spacial score (nSPS) is 19.8. The SMILES string of the molecule is FC1=[C]C[C]C(F)=C1. The Labute approximate surface area is 46.5 Å². The predicted octanol–water partition coefficient (Wildman–Crippen LogP) is 1.98. The van der Waals surface area contributed by atoms with Crippen molar-refractivity contribution < 1.29 is 8.78 Å². The van der Waals surface area contributed by atoms with Crippen LogP contribution in [0.2, 0.25) is 0 Å². The molecule has 0 spiro atoms. The molecule has 0 N–H and O–H groups in total. The Morgan fingerprint density at radius 1 is 1.50 bits per heavy atom. The summed E-state index contributed by atoms with van der Waals surface area (Å²) < 4.78 is 23.8. The lowest BCUT2D eigenvalue weighted by molar-refractivity contribution is 0.597. The van der Waals surface area contributed by atoms with E-state index in [1.54, 1.807) is 0 Å². The molecular weight excluding hydrogens is 110 g/mol. The lowest BCUT2D eigenvalue weighted by atomic mass is 10.2. The highest BCUT2D eigenvalue weighted by Gasteiger charge is 2.03. The maximum atomic E-state index is 11.9. The molecule has 1 aliphatic rings. The van der Waals surface area contributed by atoms with Crippen molar-refractivity contribution >= 4 is 0 Å². The third-order valence-corrected chi connectivity index (χ3v) is 0.768. The first-order chi connectivity index (χ1) is 3.79. The fourth-order valence-corrected chi connectivity index (χ4v) is 0.426. The summed E-state index contributed by atoms with van der Waals surface area (Å²) >= 11 is 0. The van der Waals surface area contributed by atoms with Gasteiger partial charge in [-0.3, -0.25) is 0 Å². The van der Waals surface area contributed by atoms with Crippen LogP contribution in [0.3, 0.4) is 0 Å². The lowest BCUT2D eigenvalue weighted by Crippen LogP contribution is -1.84. The molecular formula is C6H3F2. The van der Waals surface area contributed by atoms with Crippen molar-refractivity contribution in [1.82, 2.24) is 0 Å². The van der Waals surface area contributed by atoms with E-state index in [9.17, 15) is 8.78 Å². The molecule has 0 unspecified atom stereocenters.